The summed E-state index contributed by atoms with van der Waals surface area (Å²) in [5, 5.41) is 3.21. The van der Waals surface area contributed by atoms with Gasteiger partial charge in [-0.25, -0.2) is 0 Å². The second-order valence-electron chi connectivity index (χ2n) is 5.39. The molecule has 0 saturated carbocycles. The highest BCUT2D eigenvalue weighted by atomic mass is 16.2. The molecule has 1 aliphatic rings. The third-order valence-electron chi connectivity index (χ3n) is 3.82. The Bertz CT molecular complexity index is 496. The van der Waals surface area contributed by atoms with Crippen LogP contribution in [0, 0.1) is 0 Å². The van der Waals surface area contributed by atoms with Crippen molar-refractivity contribution >= 4 is 11.8 Å². The third-order valence-corrected chi connectivity index (χ3v) is 3.82. The minimum Gasteiger partial charge on any atom is -0.366 e. The molecule has 5 nitrogen and oxygen atoms in total. The highest BCUT2D eigenvalue weighted by molar-refractivity contribution is 5.94. The zero-order valence-corrected chi connectivity index (χ0v) is 12.3. The molecule has 1 heterocycles. The molecular formula is C16H23N3O2. The van der Waals surface area contributed by atoms with Crippen molar-refractivity contribution in [3.63, 3.8) is 0 Å². The zero-order chi connectivity index (χ0) is 15.1. The van der Waals surface area contributed by atoms with Crippen molar-refractivity contribution in [3.8, 4) is 0 Å². The van der Waals surface area contributed by atoms with E-state index in [0.29, 0.717) is 25.1 Å². The number of hydrogen-bond donors (Lipinski definition) is 2. The van der Waals surface area contributed by atoms with Gasteiger partial charge in [-0.3, -0.25) is 9.59 Å². The summed E-state index contributed by atoms with van der Waals surface area (Å²) in [7, 11) is 0. The Morgan fingerprint density at radius 1 is 1.14 bits per heavy atom. The lowest BCUT2D eigenvalue weighted by molar-refractivity contribution is -0.131. The van der Waals surface area contributed by atoms with Crippen molar-refractivity contribution in [3.05, 3.63) is 35.4 Å². The SMILES string of the molecule is NC(=O)c1ccccc1CNCCC(=O)N1CCCCC1. The molecule has 0 radical (unpaired) electrons. The van der Waals surface area contributed by atoms with Crippen LogP contribution in [0.15, 0.2) is 24.3 Å². The highest BCUT2D eigenvalue weighted by Crippen LogP contribution is 2.10. The summed E-state index contributed by atoms with van der Waals surface area (Å²) >= 11 is 0. The van der Waals surface area contributed by atoms with Crippen molar-refractivity contribution in [1.29, 1.82) is 0 Å². The van der Waals surface area contributed by atoms with Gasteiger partial charge in [0, 0.05) is 38.2 Å². The van der Waals surface area contributed by atoms with E-state index in [4.69, 9.17) is 5.73 Å². The predicted octanol–water partition coefficient (Wildman–Crippen LogP) is 1.28. The fraction of sp³-hybridized carbons (Fsp3) is 0.500. The number of benzene rings is 1. The maximum Gasteiger partial charge on any atom is 0.249 e. The van der Waals surface area contributed by atoms with E-state index in [1.165, 1.54) is 6.42 Å². The van der Waals surface area contributed by atoms with E-state index in [0.717, 1.165) is 31.5 Å². The van der Waals surface area contributed by atoms with Crippen molar-refractivity contribution < 1.29 is 9.59 Å². The Labute approximate surface area is 125 Å². The van der Waals surface area contributed by atoms with Crippen molar-refractivity contribution in [2.24, 2.45) is 5.73 Å². The van der Waals surface area contributed by atoms with E-state index < -0.39 is 5.91 Å². The van der Waals surface area contributed by atoms with Gasteiger partial charge in [-0.15, -0.1) is 0 Å². The predicted molar refractivity (Wildman–Crippen MR) is 81.7 cm³/mol. The van der Waals surface area contributed by atoms with Crippen LogP contribution >= 0.6 is 0 Å². The van der Waals surface area contributed by atoms with Gasteiger partial charge in [0.25, 0.3) is 0 Å². The number of primary amides is 1. The minimum atomic E-state index is -0.420. The number of nitrogens with zero attached hydrogens (tertiary/aromatic N) is 1. The molecule has 0 aliphatic carbocycles. The second kappa shape index (κ2) is 7.78. The first-order valence-electron chi connectivity index (χ1n) is 7.54. The Kier molecular flexibility index (Phi) is 5.75. The first kappa shape index (κ1) is 15.5. The molecule has 3 N–H and O–H groups in total. The lowest BCUT2D eigenvalue weighted by Gasteiger charge is -2.26. The van der Waals surface area contributed by atoms with Crippen molar-refractivity contribution in [2.75, 3.05) is 19.6 Å². The monoisotopic (exact) mass is 289 g/mol. The molecular weight excluding hydrogens is 266 g/mol. The van der Waals surface area contributed by atoms with Gasteiger partial charge in [-0.2, -0.15) is 0 Å². The quantitative estimate of drug-likeness (QED) is 0.775. The largest absolute Gasteiger partial charge is 0.366 e. The van der Waals surface area contributed by atoms with Crippen LogP contribution in [-0.2, 0) is 11.3 Å². The van der Waals surface area contributed by atoms with Crippen LogP contribution in [0.3, 0.4) is 0 Å². The summed E-state index contributed by atoms with van der Waals surface area (Å²) < 4.78 is 0. The normalized spacial score (nSPS) is 15.0. The molecule has 1 fully saturated rings. The number of amides is 2. The summed E-state index contributed by atoms with van der Waals surface area (Å²) in [5.41, 5.74) is 6.74. The van der Waals surface area contributed by atoms with E-state index >= 15 is 0 Å². The molecule has 0 spiro atoms. The number of nitrogens with one attached hydrogen (secondary N) is 1. The third kappa shape index (κ3) is 4.56. The summed E-state index contributed by atoms with van der Waals surface area (Å²) in [4.78, 5) is 25.2. The second-order valence-corrected chi connectivity index (χ2v) is 5.39. The molecule has 0 unspecified atom stereocenters. The first-order chi connectivity index (χ1) is 10.2. The topological polar surface area (TPSA) is 75.4 Å². The van der Waals surface area contributed by atoms with E-state index in [9.17, 15) is 9.59 Å². The smallest absolute Gasteiger partial charge is 0.249 e. The molecule has 1 aromatic rings. The van der Waals surface area contributed by atoms with Gasteiger partial charge in [0.15, 0.2) is 0 Å². The molecule has 21 heavy (non-hydrogen) atoms. The molecule has 2 rings (SSSR count). The van der Waals surface area contributed by atoms with Gasteiger partial charge in [-0.05, 0) is 30.9 Å². The molecule has 0 bridgehead atoms. The average molecular weight is 289 g/mol. The summed E-state index contributed by atoms with van der Waals surface area (Å²) in [6, 6.07) is 7.27. The Morgan fingerprint density at radius 2 is 1.86 bits per heavy atom. The summed E-state index contributed by atoms with van der Waals surface area (Å²) in [6.45, 7) is 2.95. The van der Waals surface area contributed by atoms with Gasteiger partial charge in [-0.1, -0.05) is 18.2 Å². The van der Waals surface area contributed by atoms with E-state index in [1.54, 1.807) is 12.1 Å². The molecule has 1 saturated heterocycles. The zero-order valence-electron chi connectivity index (χ0n) is 12.3. The van der Waals surface area contributed by atoms with E-state index in [-0.39, 0.29) is 5.91 Å². The molecule has 0 atom stereocenters. The van der Waals surface area contributed by atoms with Crippen LogP contribution in [-0.4, -0.2) is 36.3 Å². The molecule has 0 aromatic heterocycles. The van der Waals surface area contributed by atoms with Crippen LogP contribution in [0.2, 0.25) is 0 Å². The Hall–Kier alpha value is -1.88. The van der Waals surface area contributed by atoms with E-state index in [2.05, 4.69) is 5.32 Å². The van der Waals surface area contributed by atoms with Gasteiger partial charge in [0.1, 0.15) is 0 Å². The van der Waals surface area contributed by atoms with Gasteiger partial charge in [0.05, 0.1) is 0 Å². The van der Waals surface area contributed by atoms with Crippen LogP contribution in [0.1, 0.15) is 41.6 Å². The number of hydrogen-bond acceptors (Lipinski definition) is 3. The van der Waals surface area contributed by atoms with Crippen LogP contribution in [0.5, 0.6) is 0 Å². The number of carbonyl (C=O) groups excluding carboxylic acids is 2. The van der Waals surface area contributed by atoms with Gasteiger partial charge >= 0.3 is 0 Å². The first-order valence-corrected chi connectivity index (χ1v) is 7.54. The molecule has 5 heteroatoms. The average Bonchev–Trinajstić information content (AvgIpc) is 2.52. The molecule has 114 valence electrons. The molecule has 1 aliphatic heterocycles. The number of piperidine rings is 1. The number of likely N-dealkylation sites (tertiary alicyclic amines) is 1. The standard InChI is InChI=1S/C16H23N3O2/c17-16(21)14-7-3-2-6-13(14)12-18-9-8-15(20)19-10-4-1-5-11-19/h2-3,6-7,18H,1,4-5,8-12H2,(H2,17,21). The maximum atomic E-state index is 12.0. The lowest BCUT2D eigenvalue weighted by Crippen LogP contribution is -2.37. The summed E-state index contributed by atoms with van der Waals surface area (Å²) in [6.07, 6.45) is 3.96. The maximum absolute atomic E-state index is 12.0. The van der Waals surface area contributed by atoms with Crippen LogP contribution in [0.25, 0.3) is 0 Å². The van der Waals surface area contributed by atoms with Gasteiger partial charge in [0.2, 0.25) is 11.8 Å². The summed E-state index contributed by atoms with van der Waals surface area (Å²) in [5.74, 6) is -0.206. The van der Waals surface area contributed by atoms with Crippen molar-refractivity contribution in [1.82, 2.24) is 10.2 Å². The molecule has 1 aromatic carbocycles. The Balaban J connectivity index is 1.74. The fourth-order valence-electron chi connectivity index (χ4n) is 2.63. The van der Waals surface area contributed by atoms with Gasteiger partial charge < -0.3 is 16.0 Å². The Morgan fingerprint density at radius 3 is 2.57 bits per heavy atom. The van der Waals surface area contributed by atoms with Crippen molar-refractivity contribution in [2.45, 2.75) is 32.2 Å². The van der Waals surface area contributed by atoms with Crippen LogP contribution in [0.4, 0.5) is 0 Å². The minimum absolute atomic E-state index is 0.213. The number of rotatable bonds is 6. The van der Waals surface area contributed by atoms with E-state index in [1.807, 2.05) is 17.0 Å². The number of carbonyl (C=O) groups is 2. The van der Waals surface area contributed by atoms with Crippen LogP contribution < -0.4 is 11.1 Å². The fourth-order valence-corrected chi connectivity index (χ4v) is 2.63. The molecule has 2 amide bonds. The lowest BCUT2D eigenvalue weighted by atomic mass is 10.1. The highest BCUT2D eigenvalue weighted by Gasteiger charge is 2.15. The number of nitrogens with two attached hydrogens (primary N) is 1.